The van der Waals surface area contributed by atoms with Crippen molar-refractivity contribution in [1.29, 1.82) is 0 Å². The van der Waals surface area contributed by atoms with Crippen LogP contribution in [-0.4, -0.2) is 45.3 Å². The van der Waals surface area contributed by atoms with Crippen molar-refractivity contribution in [2.45, 2.75) is 32.2 Å². The number of hydrogen-bond donors (Lipinski definition) is 1. The highest BCUT2D eigenvalue weighted by atomic mass is 19.4. The number of guanidine groups is 1. The molecule has 43 heavy (non-hydrogen) atoms. The van der Waals surface area contributed by atoms with Crippen LogP contribution in [0.3, 0.4) is 0 Å². The van der Waals surface area contributed by atoms with Crippen molar-refractivity contribution in [2.75, 3.05) is 28.4 Å². The Bertz CT molecular complexity index is 1510. The van der Waals surface area contributed by atoms with Gasteiger partial charge in [-0.1, -0.05) is 24.3 Å². The number of benzene rings is 3. The summed E-state index contributed by atoms with van der Waals surface area (Å²) >= 11 is 0. The minimum Gasteiger partial charge on any atom is -0.493 e. The van der Waals surface area contributed by atoms with E-state index < -0.39 is 29.6 Å². The quantitative estimate of drug-likeness (QED) is 0.237. The molecule has 1 heterocycles. The zero-order valence-electron chi connectivity index (χ0n) is 24.2. The van der Waals surface area contributed by atoms with E-state index in [1.54, 1.807) is 30.0 Å². The Balaban J connectivity index is 1.84. The predicted octanol–water partition coefficient (Wildman–Crippen LogP) is 6.02. The topological polar surface area (TPSA) is 81.6 Å². The van der Waals surface area contributed by atoms with Crippen molar-refractivity contribution < 1.29 is 41.3 Å². The largest absolute Gasteiger partial charge is 0.493 e. The Morgan fingerprint density at radius 2 is 1.58 bits per heavy atom. The molecule has 0 radical (unpaired) electrons. The third kappa shape index (κ3) is 6.85. The molecular weight excluding hydrogens is 570 g/mol. The second-order valence-corrected chi connectivity index (χ2v) is 9.58. The van der Waals surface area contributed by atoms with E-state index in [9.17, 15) is 22.4 Å². The van der Waals surface area contributed by atoms with Crippen LogP contribution in [0, 0.1) is 5.82 Å². The number of aliphatic imine (C=N–C) groups is 1. The fourth-order valence-corrected chi connectivity index (χ4v) is 4.82. The number of rotatable bonds is 9. The van der Waals surface area contributed by atoms with Crippen molar-refractivity contribution in [3.8, 4) is 17.2 Å². The maximum absolute atomic E-state index is 13.8. The van der Waals surface area contributed by atoms with Crippen molar-refractivity contribution in [2.24, 2.45) is 4.99 Å². The number of halogens is 4. The van der Waals surface area contributed by atoms with Crippen LogP contribution in [-0.2, 0) is 28.8 Å². The van der Waals surface area contributed by atoms with Crippen LogP contribution in [0.25, 0.3) is 0 Å². The number of carbonyl (C=O) groups excluding carboxylic acids is 1. The number of methoxy groups -OCH3 is 4. The van der Waals surface area contributed by atoms with Crippen LogP contribution in [0.5, 0.6) is 17.2 Å². The van der Waals surface area contributed by atoms with Gasteiger partial charge in [0.2, 0.25) is 5.75 Å². The van der Waals surface area contributed by atoms with Crippen molar-refractivity contribution in [3.05, 3.63) is 100 Å². The number of carbonyl (C=O) groups is 1. The lowest BCUT2D eigenvalue weighted by Gasteiger charge is -2.38. The minimum atomic E-state index is -4.53. The summed E-state index contributed by atoms with van der Waals surface area (Å²) in [5.74, 6) is 0.400. The molecule has 0 amide bonds. The molecule has 1 aliphatic rings. The summed E-state index contributed by atoms with van der Waals surface area (Å²) in [5.41, 5.74) is 1.38. The van der Waals surface area contributed by atoms with Crippen molar-refractivity contribution >= 4 is 11.9 Å². The van der Waals surface area contributed by atoms with E-state index in [1.807, 2.05) is 0 Å². The summed E-state index contributed by atoms with van der Waals surface area (Å²) in [6, 6.07) is 13.2. The Labute approximate surface area is 246 Å². The Kier molecular flexibility index (Phi) is 9.47. The standard InChI is InChI=1S/C31H31F4N3O5/c1-18-26(29(39)43-5)27(21-9-11-23(32)12-10-21)37-30(38(18)17-19-7-6-8-22(13-19)31(33,34)35)36-16-20-14-24(40-2)28(42-4)25(15-20)41-3/h6-15,27H,16-17H2,1-5H3,(H,36,37). The summed E-state index contributed by atoms with van der Waals surface area (Å²) in [6.45, 7) is 1.70. The van der Waals surface area contributed by atoms with Crippen LogP contribution in [0.4, 0.5) is 17.6 Å². The normalized spacial score (nSPS) is 16.2. The van der Waals surface area contributed by atoms with Gasteiger partial charge in [-0.05, 0) is 60.0 Å². The van der Waals surface area contributed by atoms with Gasteiger partial charge in [0.25, 0.3) is 0 Å². The molecule has 0 fully saturated rings. The SMILES string of the molecule is COC(=O)C1=C(C)N(Cc2cccc(C(F)(F)F)c2)C(=NCc2cc(OC)c(OC)c(OC)c2)NC1c1ccc(F)cc1. The van der Waals surface area contributed by atoms with Gasteiger partial charge in [0.05, 0.1) is 58.7 Å². The van der Waals surface area contributed by atoms with Gasteiger partial charge < -0.3 is 29.2 Å². The molecule has 0 saturated heterocycles. The highest BCUT2D eigenvalue weighted by Gasteiger charge is 2.36. The lowest BCUT2D eigenvalue weighted by atomic mass is 9.94. The summed E-state index contributed by atoms with van der Waals surface area (Å²) in [4.78, 5) is 19.4. The molecule has 0 spiro atoms. The number of alkyl halides is 3. The molecule has 3 aromatic carbocycles. The molecule has 1 N–H and O–H groups in total. The maximum Gasteiger partial charge on any atom is 0.416 e. The van der Waals surface area contributed by atoms with Crippen molar-refractivity contribution in [3.63, 3.8) is 0 Å². The average Bonchev–Trinajstić information content (AvgIpc) is 3.00. The summed E-state index contributed by atoms with van der Waals surface area (Å²) in [7, 11) is 5.70. The molecule has 0 aliphatic carbocycles. The molecule has 1 atom stereocenters. The Hall–Kier alpha value is -4.74. The summed E-state index contributed by atoms with van der Waals surface area (Å²) < 4.78 is 75.6. The maximum atomic E-state index is 13.8. The van der Waals surface area contributed by atoms with Gasteiger partial charge in [-0.2, -0.15) is 13.2 Å². The average molecular weight is 602 g/mol. The second kappa shape index (κ2) is 13.1. The molecule has 8 nitrogen and oxygen atoms in total. The molecule has 4 rings (SSSR count). The zero-order chi connectivity index (χ0) is 31.3. The van der Waals surface area contributed by atoms with Gasteiger partial charge in [-0.25, -0.2) is 14.2 Å². The van der Waals surface area contributed by atoms with Gasteiger partial charge in [0.15, 0.2) is 17.5 Å². The van der Waals surface area contributed by atoms with E-state index in [0.29, 0.717) is 39.6 Å². The molecule has 0 saturated carbocycles. The van der Waals surface area contributed by atoms with Crippen LogP contribution in [0.1, 0.15) is 35.2 Å². The Morgan fingerprint density at radius 1 is 0.930 bits per heavy atom. The molecule has 1 aliphatic heterocycles. The number of nitrogens with zero attached hydrogens (tertiary/aromatic N) is 2. The molecule has 3 aromatic rings. The highest BCUT2D eigenvalue weighted by Crippen LogP contribution is 2.39. The van der Waals surface area contributed by atoms with E-state index in [1.165, 1.54) is 58.8 Å². The third-order valence-corrected chi connectivity index (χ3v) is 6.95. The predicted molar refractivity (Wildman–Crippen MR) is 151 cm³/mol. The first-order valence-electron chi connectivity index (χ1n) is 13.1. The highest BCUT2D eigenvalue weighted by molar-refractivity contribution is 5.96. The monoisotopic (exact) mass is 601 g/mol. The first-order chi connectivity index (χ1) is 20.5. The number of ether oxygens (including phenoxy) is 4. The number of nitrogens with one attached hydrogen (secondary N) is 1. The van der Waals surface area contributed by atoms with E-state index in [-0.39, 0.29) is 24.6 Å². The molecular formula is C31H31F4N3O5. The van der Waals surface area contributed by atoms with Crippen LogP contribution in [0.15, 0.2) is 76.9 Å². The molecule has 0 aromatic heterocycles. The lowest BCUT2D eigenvalue weighted by molar-refractivity contribution is -0.138. The molecule has 12 heteroatoms. The number of hydrogen-bond acceptors (Lipinski definition) is 6. The first-order valence-corrected chi connectivity index (χ1v) is 13.1. The first kappa shape index (κ1) is 31.2. The number of allylic oxidation sites excluding steroid dienone is 1. The van der Waals surface area contributed by atoms with Crippen LogP contribution < -0.4 is 19.5 Å². The number of esters is 1. The molecule has 1 unspecified atom stereocenters. The minimum absolute atomic E-state index is 0.0481. The third-order valence-electron chi connectivity index (χ3n) is 6.95. The molecule has 0 bridgehead atoms. The van der Waals surface area contributed by atoms with E-state index in [0.717, 1.165) is 12.1 Å². The van der Waals surface area contributed by atoms with E-state index >= 15 is 0 Å². The summed E-state index contributed by atoms with van der Waals surface area (Å²) in [5, 5.41) is 3.24. The summed E-state index contributed by atoms with van der Waals surface area (Å²) in [6.07, 6.45) is -4.53. The van der Waals surface area contributed by atoms with Gasteiger partial charge in [0, 0.05) is 5.70 Å². The lowest BCUT2D eigenvalue weighted by Crippen LogP contribution is -2.48. The van der Waals surface area contributed by atoms with Gasteiger partial charge in [-0.3, -0.25) is 0 Å². The van der Waals surface area contributed by atoms with E-state index in [4.69, 9.17) is 23.9 Å². The van der Waals surface area contributed by atoms with Gasteiger partial charge in [-0.15, -0.1) is 0 Å². The fraction of sp³-hybridized carbons (Fsp3) is 0.290. The molecule has 228 valence electrons. The second-order valence-electron chi connectivity index (χ2n) is 9.58. The van der Waals surface area contributed by atoms with Gasteiger partial charge in [0.1, 0.15) is 5.82 Å². The fourth-order valence-electron chi connectivity index (χ4n) is 4.82. The van der Waals surface area contributed by atoms with Crippen LogP contribution >= 0.6 is 0 Å². The zero-order valence-corrected chi connectivity index (χ0v) is 24.2. The smallest absolute Gasteiger partial charge is 0.416 e. The Morgan fingerprint density at radius 3 is 2.14 bits per heavy atom. The van der Waals surface area contributed by atoms with Gasteiger partial charge >= 0.3 is 12.1 Å². The van der Waals surface area contributed by atoms with Crippen LogP contribution in [0.2, 0.25) is 0 Å². The van der Waals surface area contributed by atoms with Crippen molar-refractivity contribution in [1.82, 2.24) is 10.2 Å². The van der Waals surface area contributed by atoms with E-state index in [2.05, 4.69) is 5.32 Å².